The van der Waals surface area contributed by atoms with E-state index in [-0.39, 0.29) is 0 Å². The van der Waals surface area contributed by atoms with Gasteiger partial charge in [0.15, 0.2) is 0 Å². The highest BCUT2D eigenvalue weighted by atomic mass is 31.1. The summed E-state index contributed by atoms with van der Waals surface area (Å²) < 4.78 is 19.9. The van der Waals surface area contributed by atoms with E-state index in [0.717, 1.165) is 7.11 Å². The lowest BCUT2D eigenvalue weighted by Gasteiger charge is -2.16. The van der Waals surface area contributed by atoms with E-state index in [1.165, 1.54) is 0 Å². The van der Waals surface area contributed by atoms with Crippen LogP contribution in [0.5, 0.6) is 0 Å². The van der Waals surface area contributed by atoms with Crippen molar-refractivity contribution < 1.29 is 18.6 Å². The quantitative estimate of drug-likeness (QED) is 0.501. The molecule has 0 spiro atoms. The maximum atomic E-state index is 10.9. The van der Waals surface area contributed by atoms with Crippen molar-refractivity contribution in [2.45, 2.75) is 19.4 Å². The van der Waals surface area contributed by atoms with Crippen LogP contribution in [0.2, 0.25) is 0 Å². The number of rotatable bonds is 3. The summed E-state index contributed by atoms with van der Waals surface area (Å²) in [5.41, 5.74) is -1.87. The Bertz CT molecular complexity index is 238. The van der Waals surface area contributed by atoms with Crippen LogP contribution in [0.25, 0.3) is 0 Å². The molecule has 68 valence electrons. The summed E-state index contributed by atoms with van der Waals surface area (Å²) in [6.07, 6.45) is 5.05. The van der Waals surface area contributed by atoms with Gasteiger partial charge in [-0.15, -0.1) is 6.42 Å². The van der Waals surface area contributed by atoms with E-state index in [1.54, 1.807) is 13.8 Å². The molecule has 0 heterocycles. The zero-order valence-corrected chi connectivity index (χ0v) is 8.21. The highest BCUT2D eigenvalue weighted by molar-refractivity contribution is 7.58. The predicted octanol–water partition coefficient (Wildman–Crippen LogP) is 1.66. The Kier molecular flexibility index (Phi) is 4.02. The van der Waals surface area contributed by atoms with Crippen molar-refractivity contribution >= 4 is 13.7 Å². The lowest BCUT2D eigenvalue weighted by molar-refractivity contribution is 0.165. The third kappa shape index (κ3) is 3.56. The zero-order chi connectivity index (χ0) is 9.78. The van der Waals surface area contributed by atoms with Crippen LogP contribution in [-0.2, 0) is 13.8 Å². The Morgan fingerprint density at radius 3 is 2.42 bits per heavy atom. The van der Waals surface area contributed by atoms with Crippen LogP contribution in [0.15, 0.2) is 0 Å². The van der Waals surface area contributed by atoms with Gasteiger partial charge in [0.1, 0.15) is 5.60 Å². The zero-order valence-electron chi connectivity index (χ0n) is 7.21. The van der Waals surface area contributed by atoms with E-state index in [9.17, 15) is 9.36 Å². The number of methoxy groups -OCH3 is 1. The molecule has 0 saturated heterocycles. The van der Waals surface area contributed by atoms with Gasteiger partial charge in [0.2, 0.25) is 0 Å². The third-order valence-corrected chi connectivity index (χ3v) is 2.28. The topological polar surface area (TPSA) is 52.6 Å². The van der Waals surface area contributed by atoms with E-state index in [1.807, 2.05) is 0 Å². The maximum absolute atomic E-state index is 10.9. The molecule has 0 N–H and O–H groups in total. The van der Waals surface area contributed by atoms with Gasteiger partial charge in [-0.25, -0.2) is 4.79 Å². The SMILES string of the molecule is C#CC(C)(C)O[PH](=O)C(=O)OC. The second-order valence-corrected chi connectivity index (χ2v) is 3.72. The van der Waals surface area contributed by atoms with Gasteiger partial charge in [-0.3, -0.25) is 4.57 Å². The Morgan fingerprint density at radius 1 is 1.58 bits per heavy atom. The molecule has 0 aromatic rings. The molecule has 1 unspecified atom stereocenters. The van der Waals surface area contributed by atoms with Crippen molar-refractivity contribution in [2.75, 3.05) is 7.11 Å². The molecule has 0 amide bonds. The van der Waals surface area contributed by atoms with Gasteiger partial charge in [-0.05, 0) is 13.8 Å². The molecule has 0 rings (SSSR count). The van der Waals surface area contributed by atoms with E-state index in [0.29, 0.717) is 0 Å². The number of hydrogen-bond acceptors (Lipinski definition) is 4. The summed E-state index contributed by atoms with van der Waals surface area (Å²) in [6, 6.07) is 0. The monoisotopic (exact) mass is 190 g/mol. The second kappa shape index (κ2) is 4.30. The maximum Gasteiger partial charge on any atom is 0.388 e. The van der Waals surface area contributed by atoms with Crippen molar-refractivity contribution in [1.82, 2.24) is 0 Å². The molecular formula is C7H11O4P. The number of carbonyl (C=O) groups is 1. The van der Waals surface area contributed by atoms with Crippen molar-refractivity contribution in [3.05, 3.63) is 0 Å². The molecule has 0 aromatic heterocycles. The van der Waals surface area contributed by atoms with Crippen molar-refractivity contribution in [3.8, 4) is 12.3 Å². The van der Waals surface area contributed by atoms with E-state index in [2.05, 4.69) is 10.7 Å². The van der Waals surface area contributed by atoms with Crippen LogP contribution in [0.4, 0.5) is 4.79 Å². The molecule has 0 fully saturated rings. The van der Waals surface area contributed by atoms with Crippen LogP contribution in [0.1, 0.15) is 13.8 Å². The van der Waals surface area contributed by atoms with Gasteiger partial charge >= 0.3 is 5.71 Å². The molecule has 0 aliphatic rings. The fourth-order valence-corrected chi connectivity index (χ4v) is 1.16. The Morgan fingerprint density at radius 2 is 2.08 bits per heavy atom. The fraction of sp³-hybridized carbons (Fsp3) is 0.571. The standard InChI is InChI=1S/C7H11O4P/c1-5-7(2,3)11-12(9)6(8)10-4/h1,12H,2-4H3. The average molecular weight is 190 g/mol. The molecule has 5 heteroatoms. The summed E-state index contributed by atoms with van der Waals surface area (Å²) in [5.74, 6) is 2.25. The van der Waals surface area contributed by atoms with Crippen LogP contribution >= 0.6 is 8.03 Å². The molecule has 0 aromatic carbocycles. The first-order chi connectivity index (χ1) is 5.43. The van der Waals surface area contributed by atoms with Crippen molar-refractivity contribution in [1.29, 1.82) is 0 Å². The third-order valence-electron chi connectivity index (χ3n) is 1.05. The van der Waals surface area contributed by atoms with Gasteiger partial charge in [0.25, 0.3) is 8.03 Å². The van der Waals surface area contributed by atoms with E-state index in [4.69, 9.17) is 10.9 Å². The number of carbonyl (C=O) groups excluding carboxylic acids is 1. The van der Waals surface area contributed by atoms with Gasteiger partial charge in [0.05, 0.1) is 7.11 Å². The molecule has 12 heavy (non-hydrogen) atoms. The van der Waals surface area contributed by atoms with Crippen LogP contribution < -0.4 is 0 Å². The smallest absolute Gasteiger partial charge is 0.388 e. The van der Waals surface area contributed by atoms with Crippen LogP contribution in [0.3, 0.4) is 0 Å². The summed E-state index contributed by atoms with van der Waals surface area (Å²) in [7, 11) is -1.70. The minimum atomic E-state index is -2.84. The molecule has 0 saturated carbocycles. The summed E-state index contributed by atoms with van der Waals surface area (Å²) in [4.78, 5) is 10.6. The van der Waals surface area contributed by atoms with Gasteiger partial charge in [-0.1, -0.05) is 5.92 Å². The number of hydrogen-bond donors (Lipinski definition) is 0. The van der Waals surface area contributed by atoms with Gasteiger partial charge in [-0.2, -0.15) is 0 Å². The Balaban J connectivity index is 4.21. The highest BCUT2D eigenvalue weighted by Crippen LogP contribution is 2.31. The molecular weight excluding hydrogens is 179 g/mol. The van der Waals surface area contributed by atoms with Crippen LogP contribution in [0, 0.1) is 12.3 Å². The first-order valence-corrected chi connectivity index (χ1v) is 4.53. The highest BCUT2D eigenvalue weighted by Gasteiger charge is 2.22. The number of ether oxygens (including phenoxy) is 1. The molecule has 4 nitrogen and oxygen atoms in total. The Labute approximate surface area is 72.1 Å². The van der Waals surface area contributed by atoms with Crippen molar-refractivity contribution in [2.24, 2.45) is 0 Å². The minimum Gasteiger partial charge on any atom is -0.462 e. The average Bonchev–Trinajstić information content (AvgIpc) is 2.02. The Hall–Kier alpha value is -0.780. The van der Waals surface area contributed by atoms with Gasteiger partial charge in [0, 0.05) is 0 Å². The molecule has 0 aliphatic carbocycles. The fourth-order valence-electron chi connectivity index (χ4n) is 0.386. The predicted molar refractivity (Wildman–Crippen MR) is 45.4 cm³/mol. The second-order valence-electron chi connectivity index (χ2n) is 2.54. The first-order valence-electron chi connectivity index (χ1n) is 3.22. The van der Waals surface area contributed by atoms with E-state index < -0.39 is 19.3 Å². The normalized spacial score (nSPS) is 13.2. The van der Waals surface area contributed by atoms with Crippen LogP contribution in [-0.4, -0.2) is 18.4 Å². The number of terminal acetylenes is 1. The minimum absolute atomic E-state index is 0.872. The first kappa shape index (κ1) is 11.2. The summed E-state index contributed by atoms with van der Waals surface area (Å²) in [6.45, 7) is 3.08. The summed E-state index contributed by atoms with van der Waals surface area (Å²) in [5, 5.41) is 0. The van der Waals surface area contributed by atoms with Crippen molar-refractivity contribution in [3.63, 3.8) is 0 Å². The molecule has 1 atom stereocenters. The molecule has 0 aliphatic heterocycles. The largest absolute Gasteiger partial charge is 0.462 e. The van der Waals surface area contributed by atoms with Gasteiger partial charge < -0.3 is 9.26 Å². The molecule has 0 bridgehead atoms. The molecule has 0 radical (unpaired) electrons. The lowest BCUT2D eigenvalue weighted by atomic mass is 10.2. The van der Waals surface area contributed by atoms with E-state index >= 15 is 0 Å². The lowest BCUT2D eigenvalue weighted by Crippen LogP contribution is -2.18. The summed E-state index contributed by atoms with van der Waals surface area (Å²) >= 11 is 0.